The minimum Gasteiger partial charge on any atom is -0.353 e. The van der Waals surface area contributed by atoms with Gasteiger partial charge in [0.15, 0.2) is 5.82 Å². The van der Waals surface area contributed by atoms with Crippen LogP contribution in [0.4, 0.5) is 5.82 Å². The third-order valence-corrected chi connectivity index (χ3v) is 3.38. The summed E-state index contributed by atoms with van der Waals surface area (Å²) < 4.78 is 0. The van der Waals surface area contributed by atoms with Crippen molar-refractivity contribution in [1.82, 2.24) is 15.2 Å². The van der Waals surface area contributed by atoms with Crippen LogP contribution in [0.3, 0.4) is 0 Å². The van der Waals surface area contributed by atoms with Crippen LogP contribution in [0.5, 0.6) is 0 Å². The quantitative estimate of drug-likeness (QED) is 0.729. The Labute approximate surface area is 118 Å². The number of pyridine rings is 1. The first-order valence-electron chi connectivity index (χ1n) is 6.58. The van der Waals surface area contributed by atoms with Crippen molar-refractivity contribution in [3.05, 3.63) is 60.0 Å². The fourth-order valence-electron chi connectivity index (χ4n) is 2.34. The van der Waals surface area contributed by atoms with Gasteiger partial charge in [0.1, 0.15) is 0 Å². The van der Waals surface area contributed by atoms with Crippen molar-refractivity contribution in [3.63, 3.8) is 0 Å². The van der Waals surface area contributed by atoms with Gasteiger partial charge >= 0.3 is 0 Å². The molecule has 0 bridgehead atoms. The summed E-state index contributed by atoms with van der Waals surface area (Å²) in [7, 11) is 2.03. The van der Waals surface area contributed by atoms with Gasteiger partial charge in [-0.15, -0.1) is 5.10 Å². The molecule has 3 rings (SSSR count). The molecule has 3 aromatic rings. The van der Waals surface area contributed by atoms with Crippen LogP contribution in [-0.2, 0) is 6.54 Å². The van der Waals surface area contributed by atoms with Crippen molar-refractivity contribution < 1.29 is 0 Å². The summed E-state index contributed by atoms with van der Waals surface area (Å²) in [4.78, 5) is 6.16. The number of aryl methyl sites for hydroxylation is 1. The van der Waals surface area contributed by atoms with Gasteiger partial charge in [0, 0.05) is 36.8 Å². The molecule has 0 aliphatic rings. The lowest BCUT2D eigenvalue weighted by molar-refractivity contribution is 0.866. The predicted octanol–water partition coefficient (Wildman–Crippen LogP) is 2.97. The maximum Gasteiger partial charge on any atom is 0.159 e. The van der Waals surface area contributed by atoms with Crippen LogP contribution >= 0.6 is 0 Å². The Morgan fingerprint density at radius 2 is 1.65 bits per heavy atom. The lowest BCUT2D eigenvalue weighted by Gasteiger charge is -2.19. The van der Waals surface area contributed by atoms with Gasteiger partial charge in [0.05, 0.1) is 5.69 Å². The molecule has 0 N–H and O–H groups in total. The summed E-state index contributed by atoms with van der Waals surface area (Å²) in [5.74, 6) is 0.906. The first-order chi connectivity index (χ1) is 9.75. The molecule has 0 radical (unpaired) electrons. The van der Waals surface area contributed by atoms with E-state index in [2.05, 4.69) is 32.2 Å². The molecule has 0 spiro atoms. The van der Waals surface area contributed by atoms with Crippen LogP contribution in [0, 0.1) is 6.92 Å². The van der Waals surface area contributed by atoms with E-state index in [-0.39, 0.29) is 0 Å². The van der Waals surface area contributed by atoms with Crippen LogP contribution in [0.2, 0.25) is 0 Å². The Hall–Kier alpha value is -2.49. The minimum absolute atomic E-state index is 0.782. The molecule has 0 saturated carbocycles. The van der Waals surface area contributed by atoms with E-state index in [0.29, 0.717) is 0 Å². The van der Waals surface area contributed by atoms with Crippen molar-refractivity contribution in [2.24, 2.45) is 0 Å². The lowest BCUT2D eigenvalue weighted by atomic mass is 10.1. The zero-order chi connectivity index (χ0) is 13.9. The molecule has 0 fully saturated rings. The van der Waals surface area contributed by atoms with E-state index in [1.807, 2.05) is 50.6 Å². The van der Waals surface area contributed by atoms with Crippen molar-refractivity contribution in [1.29, 1.82) is 0 Å². The van der Waals surface area contributed by atoms with Gasteiger partial charge in [-0.1, -0.05) is 24.3 Å². The molecule has 4 heteroatoms. The topological polar surface area (TPSA) is 41.9 Å². The first-order valence-corrected chi connectivity index (χ1v) is 6.58. The standard InChI is InChI=1S/C16H16N4/c1-12-14-5-3-4-6-15(14)16(19-18-12)20(2)11-13-7-9-17-10-8-13/h3-10H,11H2,1-2H3. The van der Waals surface area contributed by atoms with Gasteiger partial charge in [-0.2, -0.15) is 5.10 Å². The monoisotopic (exact) mass is 264 g/mol. The summed E-state index contributed by atoms with van der Waals surface area (Å²) in [6.07, 6.45) is 3.62. The molecule has 100 valence electrons. The first kappa shape index (κ1) is 12.5. The Morgan fingerprint density at radius 1 is 0.950 bits per heavy atom. The highest BCUT2D eigenvalue weighted by molar-refractivity contribution is 5.93. The smallest absolute Gasteiger partial charge is 0.159 e. The number of hydrogen-bond donors (Lipinski definition) is 0. The van der Waals surface area contributed by atoms with Crippen molar-refractivity contribution in [2.45, 2.75) is 13.5 Å². The van der Waals surface area contributed by atoms with E-state index in [0.717, 1.165) is 28.8 Å². The van der Waals surface area contributed by atoms with Gasteiger partial charge in [0.25, 0.3) is 0 Å². The van der Waals surface area contributed by atoms with E-state index in [1.165, 1.54) is 5.56 Å². The Balaban J connectivity index is 2.00. The van der Waals surface area contributed by atoms with E-state index >= 15 is 0 Å². The zero-order valence-corrected chi connectivity index (χ0v) is 11.6. The Kier molecular flexibility index (Phi) is 3.29. The van der Waals surface area contributed by atoms with Gasteiger partial charge in [0.2, 0.25) is 0 Å². The van der Waals surface area contributed by atoms with Gasteiger partial charge < -0.3 is 4.90 Å². The SMILES string of the molecule is Cc1nnc(N(C)Cc2ccncc2)c2ccccc12. The summed E-state index contributed by atoms with van der Waals surface area (Å²) in [5.41, 5.74) is 2.16. The second-order valence-corrected chi connectivity index (χ2v) is 4.87. The summed E-state index contributed by atoms with van der Waals surface area (Å²) in [5, 5.41) is 10.9. The molecule has 4 nitrogen and oxygen atoms in total. The fraction of sp³-hybridized carbons (Fsp3) is 0.188. The number of hydrogen-bond acceptors (Lipinski definition) is 4. The number of fused-ring (bicyclic) bond motifs is 1. The molecule has 0 unspecified atom stereocenters. The number of aromatic nitrogens is 3. The number of rotatable bonds is 3. The van der Waals surface area contributed by atoms with Crippen molar-refractivity contribution >= 4 is 16.6 Å². The van der Waals surface area contributed by atoms with Crippen LogP contribution in [-0.4, -0.2) is 22.2 Å². The van der Waals surface area contributed by atoms with Crippen LogP contribution in [0.25, 0.3) is 10.8 Å². The average molecular weight is 264 g/mol. The number of nitrogens with zero attached hydrogens (tertiary/aromatic N) is 4. The van der Waals surface area contributed by atoms with Gasteiger partial charge in [-0.3, -0.25) is 4.98 Å². The number of benzene rings is 1. The summed E-state index contributed by atoms with van der Waals surface area (Å²) >= 11 is 0. The van der Waals surface area contributed by atoms with E-state index in [1.54, 1.807) is 0 Å². The second kappa shape index (κ2) is 5.25. The van der Waals surface area contributed by atoms with Crippen LogP contribution < -0.4 is 4.90 Å². The van der Waals surface area contributed by atoms with Gasteiger partial charge in [-0.05, 0) is 24.6 Å². The Morgan fingerprint density at radius 3 is 2.40 bits per heavy atom. The van der Waals surface area contributed by atoms with Gasteiger partial charge in [-0.25, -0.2) is 0 Å². The van der Waals surface area contributed by atoms with Crippen LogP contribution in [0.1, 0.15) is 11.3 Å². The minimum atomic E-state index is 0.782. The predicted molar refractivity (Wildman–Crippen MR) is 80.6 cm³/mol. The third kappa shape index (κ3) is 2.32. The Bertz CT molecular complexity index is 725. The molecule has 2 aromatic heterocycles. The molecule has 0 aliphatic heterocycles. The molecule has 0 saturated heterocycles. The second-order valence-electron chi connectivity index (χ2n) is 4.87. The molecule has 1 aromatic carbocycles. The van der Waals surface area contributed by atoms with E-state index in [4.69, 9.17) is 0 Å². The molecular formula is C16H16N4. The van der Waals surface area contributed by atoms with Crippen LogP contribution in [0.15, 0.2) is 48.8 Å². The fourth-order valence-corrected chi connectivity index (χ4v) is 2.34. The molecule has 2 heterocycles. The zero-order valence-electron chi connectivity index (χ0n) is 11.6. The summed E-state index contributed by atoms with van der Waals surface area (Å²) in [6, 6.07) is 12.3. The molecule has 0 amide bonds. The third-order valence-electron chi connectivity index (χ3n) is 3.38. The molecule has 0 atom stereocenters. The normalized spacial score (nSPS) is 10.7. The van der Waals surface area contributed by atoms with E-state index < -0.39 is 0 Å². The average Bonchev–Trinajstić information content (AvgIpc) is 2.49. The number of anilines is 1. The van der Waals surface area contributed by atoms with E-state index in [9.17, 15) is 0 Å². The van der Waals surface area contributed by atoms with Crippen molar-refractivity contribution in [3.8, 4) is 0 Å². The lowest BCUT2D eigenvalue weighted by Crippen LogP contribution is -2.18. The highest BCUT2D eigenvalue weighted by atomic mass is 15.2. The highest BCUT2D eigenvalue weighted by Crippen LogP contribution is 2.25. The molecular weight excluding hydrogens is 248 g/mol. The highest BCUT2D eigenvalue weighted by Gasteiger charge is 2.10. The maximum absolute atomic E-state index is 4.36. The van der Waals surface area contributed by atoms with Crippen molar-refractivity contribution in [2.75, 3.05) is 11.9 Å². The molecule has 0 aliphatic carbocycles. The summed E-state index contributed by atoms with van der Waals surface area (Å²) in [6.45, 7) is 2.77. The largest absolute Gasteiger partial charge is 0.353 e. The maximum atomic E-state index is 4.36. The molecule has 20 heavy (non-hydrogen) atoms.